The van der Waals surface area contributed by atoms with Gasteiger partial charge in [0.05, 0.1) is 20.2 Å². The number of carbonyl (C=O) groups excluding carboxylic acids is 1. The van der Waals surface area contributed by atoms with Crippen molar-refractivity contribution in [3.8, 4) is 5.75 Å². The molecule has 0 bridgehead atoms. The van der Waals surface area contributed by atoms with Crippen LogP contribution in [0.4, 0.5) is 53.1 Å². The number of aliphatic carboxylic acids is 1. The number of carboxylic acid groups (broad SMARTS) is 1. The van der Waals surface area contributed by atoms with E-state index in [1.54, 1.807) is 6.92 Å². The summed E-state index contributed by atoms with van der Waals surface area (Å²) in [5, 5.41) is 9.08. The third kappa shape index (κ3) is 7.54. The molecule has 0 aliphatic heterocycles. The van der Waals surface area contributed by atoms with Crippen LogP contribution in [0.5, 0.6) is 5.75 Å². The van der Waals surface area contributed by atoms with Gasteiger partial charge in [-0.1, -0.05) is 12.1 Å². The number of methoxy groups -OCH3 is 1. The quantitative estimate of drug-likeness (QED) is 0.296. The Morgan fingerprint density at radius 1 is 0.897 bits per heavy atom. The monoisotopic (exact) mass is 593 g/mol. The molecule has 0 radical (unpaired) electrons. The molecule has 0 aliphatic rings. The second-order valence-electron chi connectivity index (χ2n) is 7.80. The van der Waals surface area contributed by atoms with Gasteiger partial charge in [-0.2, -0.15) is 48.3 Å². The molecule has 1 amide bonds. The lowest BCUT2D eigenvalue weighted by Gasteiger charge is -2.38. The minimum Gasteiger partial charge on any atom is -0.492 e. The molecule has 39 heavy (non-hydrogen) atoms. The van der Waals surface area contributed by atoms with Gasteiger partial charge in [0, 0.05) is 13.0 Å². The highest BCUT2D eigenvalue weighted by atomic mass is 19.4. The first-order valence-electron chi connectivity index (χ1n) is 10.6. The van der Waals surface area contributed by atoms with Crippen LogP contribution in [0.15, 0.2) is 24.3 Å². The predicted octanol–water partition coefficient (Wildman–Crippen LogP) is 5.27. The van der Waals surface area contributed by atoms with E-state index in [0.29, 0.717) is 12.7 Å². The molecule has 1 N–H and O–H groups in total. The minimum atomic E-state index is -7.61. The van der Waals surface area contributed by atoms with Crippen LogP contribution in [0.3, 0.4) is 0 Å². The fourth-order valence-corrected chi connectivity index (χ4v) is 2.94. The third-order valence-corrected chi connectivity index (χ3v) is 5.04. The zero-order valence-corrected chi connectivity index (χ0v) is 20.0. The number of halogens is 11. The summed E-state index contributed by atoms with van der Waals surface area (Å²) in [4.78, 5) is 22.5. The molecule has 0 saturated carbocycles. The Hall–Kier alpha value is -3.05. The Balaban J connectivity index is 2.99. The van der Waals surface area contributed by atoms with Crippen molar-refractivity contribution in [1.82, 2.24) is 4.90 Å². The SMILES string of the molecule is CCOC(Cc1ccc(OCCN(CC(F)(F)C(F)(F)C(F)(F)C(F)(F)C(F)(F)F)C(=O)OC)cc1)C(=O)O. The van der Waals surface area contributed by atoms with Gasteiger partial charge in [-0.25, -0.2) is 9.59 Å². The normalized spacial score (nSPS) is 14.1. The first-order valence-corrected chi connectivity index (χ1v) is 10.6. The lowest BCUT2D eigenvalue weighted by atomic mass is 9.97. The van der Waals surface area contributed by atoms with Crippen molar-refractivity contribution in [2.75, 3.05) is 33.4 Å². The molecule has 0 heterocycles. The summed E-state index contributed by atoms with van der Waals surface area (Å²) in [5.41, 5.74) is 0.456. The highest BCUT2D eigenvalue weighted by molar-refractivity contribution is 5.72. The summed E-state index contributed by atoms with van der Waals surface area (Å²) in [6.45, 7) is -2.94. The van der Waals surface area contributed by atoms with Gasteiger partial charge in [0.2, 0.25) is 0 Å². The van der Waals surface area contributed by atoms with Crippen molar-refractivity contribution in [2.45, 2.75) is 49.3 Å². The van der Waals surface area contributed by atoms with Gasteiger partial charge in [0.15, 0.2) is 6.10 Å². The summed E-state index contributed by atoms with van der Waals surface area (Å²) in [7, 11) is 0.560. The van der Waals surface area contributed by atoms with Crippen molar-refractivity contribution < 1.29 is 77.2 Å². The van der Waals surface area contributed by atoms with Crippen LogP contribution < -0.4 is 4.74 Å². The highest BCUT2D eigenvalue weighted by Crippen LogP contribution is 2.57. The van der Waals surface area contributed by atoms with Crippen molar-refractivity contribution >= 4 is 12.1 Å². The number of amides is 1. The summed E-state index contributed by atoms with van der Waals surface area (Å²) in [5.74, 6) is -30.0. The molecule has 0 spiro atoms. The Morgan fingerprint density at radius 2 is 1.44 bits per heavy atom. The molecule has 1 unspecified atom stereocenters. The molecule has 1 aromatic rings. The van der Waals surface area contributed by atoms with E-state index in [1.807, 2.05) is 0 Å². The van der Waals surface area contributed by atoms with Gasteiger partial charge in [-0.05, 0) is 24.6 Å². The first-order chi connectivity index (χ1) is 17.7. The van der Waals surface area contributed by atoms with Gasteiger partial charge >= 0.3 is 41.9 Å². The van der Waals surface area contributed by atoms with Gasteiger partial charge in [0.25, 0.3) is 0 Å². The molecule has 1 rings (SSSR count). The van der Waals surface area contributed by atoms with Crippen LogP contribution in [0.1, 0.15) is 12.5 Å². The van der Waals surface area contributed by atoms with Crippen molar-refractivity contribution in [3.63, 3.8) is 0 Å². The fourth-order valence-electron chi connectivity index (χ4n) is 2.94. The van der Waals surface area contributed by atoms with Gasteiger partial charge in [-0.15, -0.1) is 0 Å². The number of carbonyl (C=O) groups is 2. The Labute approximate surface area is 213 Å². The van der Waals surface area contributed by atoms with Crippen LogP contribution in [0.25, 0.3) is 0 Å². The topological polar surface area (TPSA) is 85.3 Å². The number of benzene rings is 1. The summed E-state index contributed by atoms with van der Waals surface area (Å²) >= 11 is 0. The molecule has 1 aromatic carbocycles. The van der Waals surface area contributed by atoms with E-state index >= 15 is 0 Å². The smallest absolute Gasteiger partial charge is 0.460 e. The van der Waals surface area contributed by atoms with Gasteiger partial charge < -0.3 is 19.3 Å². The van der Waals surface area contributed by atoms with E-state index in [2.05, 4.69) is 4.74 Å². The first kappa shape index (κ1) is 34.0. The molecular weight excluding hydrogens is 571 g/mol. The number of hydrogen-bond acceptors (Lipinski definition) is 5. The molecule has 1 atom stereocenters. The lowest BCUT2D eigenvalue weighted by Crippen LogP contribution is -2.68. The van der Waals surface area contributed by atoms with E-state index in [0.717, 1.165) is 0 Å². The Bertz CT molecular complexity index is 970. The highest BCUT2D eigenvalue weighted by Gasteiger charge is 2.87. The fraction of sp³-hybridized carbons (Fsp3) is 0.619. The van der Waals surface area contributed by atoms with Crippen LogP contribution >= 0.6 is 0 Å². The number of hydrogen-bond donors (Lipinski definition) is 1. The second-order valence-corrected chi connectivity index (χ2v) is 7.80. The number of rotatable bonds is 14. The maximum atomic E-state index is 14.1. The minimum absolute atomic E-state index is 0.0275. The number of ether oxygens (including phenoxy) is 3. The standard InChI is InChI=1S/C21H22F11NO6/c1-3-38-14(15(34)35)10-12-4-6-13(7-5-12)39-9-8-33(16(36)37-2)11-17(22,23)18(24,25)19(26,27)20(28,29)21(30,31)32/h4-7,14H,3,8-11H2,1-2H3,(H,34,35). The molecule has 0 aliphatic carbocycles. The molecule has 18 heteroatoms. The zero-order chi connectivity index (χ0) is 30.4. The largest absolute Gasteiger partial charge is 0.492 e. The van der Waals surface area contributed by atoms with Crippen molar-refractivity contribution in [2.24, 2.45) is 0 Å². The predicted molar refractivity (Wildman–Crippen MR) is 109 cm³/mol. The maximum Gasteiger partial charge on any atom is 0.460 e. The van der Waals surface area contributed by atoms with Crippen molar-refractivity contribution in [3.05, 3.63) is 29.8 Å². The van der Waals surface area contributed by atoms with E-state index in [4.69, 9.17) is 14.6 Å². The van der Waals surface area contributed by atoms with Crippen LogP contribution in [0, 0.1) is 0 Å². The molecular formula is C21H22F11NO6. The average Bonchev–Trinajstić information content (AvgIpc) is 2.82. The summed E-state index contributed by atoms with van der Waals surface area (Å²) < 4.78 is 160. The lowest BCUT2D eigenvalue weighted by molar-refractivity contribution is -0.422. The molecule has 0 aromatic heterocycles. The number of carboxylic acids is 1. The number of nitrogens with zero attached hydrogens (tertiary/aromatic N) is 1. The molecule has 7 nitrogen and oxygen atoms in total. The van der Waals surface area contributed by atoms with Crippen LogP contribution in [-0.4, -0.2) is 91.5 Å². The third-order valence-electron chi connectivity index (χ3n) is 5.04. The van der Waals surface area contributed by atoms with E-state index in [9.17, 15) is 57.9 Å². The zero-order valence-electron chi connectivity index (χ0n) is 20.0. The second kappa shape index (κ2) is 12.4. The van der Waals surface area contributed by atoms with Gasteiger partial charge in [0.1, 0.15) is 12.4 Å². The van der Waals surface area contributed by atoms with E-state index in [1.165, 1.54) is 24.3 Å². The van der Waals surface area contributed by atoms with E-state index in [-0.39, 0.29) is 23.7 Å². The van der Waals surface area contributed by atoms with E-state index < -0.39 is 67.7 Å². The Morgan fingerprint density at radius 3 is 1.87 bits per heavy atom. The number of alkyl halides is 11. The molecule has 224 valence electrons. The molecule has 0 saturated heterocycles. The maximum absolute atomic E-state index is 14.1. The summed E-state index contributed by atoms with van der Waals surface area (Å²) in [6, 6.07) is 5.26. The van der Waals surface area contributed by atoms with Crippen LogP contribution in [0.2, 0.25) is 0 Å². The Kier molecular flexibility index (Phi) is 10.8. The molecule has 0 fully saturated rings. The van der Waals surface area contributed by atoms with Crippen molar-refractivity contribution in [1.29, 1.82) is 0 Å². The summed E-state index contributed by atoms with van der Waals surface area (Å²) in [6.07, 6.45) is -10.4. The van der Waals surface area contributed by atoms with Gasteiger partial charge in [-0.3, -0.25) is 4.90 Å². The average molecular weight is 593 g/mol. The van der Waals surface area contributed by atoms with Crippen LogP contribution in [-0.2, 0) is 20.7 Å².